The molecule has 1 N–H and O–H groups in total. The minimum atomic E-state index is 0.553. The average molecular weight is 279 g/mol. The van der Waals surface area contributed by atoms with E-state index >= 15 is 0 Å². The van der Waals surface area contributed by atoms with Gasteiger partial charge < -0.3 is 9.73 Å². The lowest BCUT2D eigenvalue weighted by atomic mass is 9.94. The third-order valence-corrected chi connectivity index (χ3v) is 4.47. The summed E-state index contributed by atoms with van der Waals surface area (Å²) < 4.78 is 5.77. The van der Waals surface area contributed by atoms with Gasteiger partial charge in [0.2, 0.25) is 5.89 Å². The van der Waals surface area contributed by atoms with Crippen molar-refractivity contribution in [3.8, 4) is 0 Å². The van der Waals surface area contributed by atoms with Crippen LogP contribution in [0.15, 0.2) is 4.42 Å². The first kappa shape index (κ1) is 15.5. The summed E-state index contributed by atoms with van der Waals surface area (Å²) in [5, 5.41) is 3.69. The van der Waals surface area contributed by atoms with Crippen LogP contribution in [0.1, 0.15) is 45.0 Å². The van der Waals surface area contributed by atoms with Crippen molar-refractivity contribution in [2.24, 2.45) is 11.8 Å². The van der Waals surface area contributed by atoms with Gasteiger partial charge in [0.15, 0.2) is 0 Å². The van der Waals surface area contributed by atoms with E-state index in [-0.39, 0.29) is 0 Å². The maximum absolute atomic E-state index is 5.77. The summed E-state index contributed by atoms with van der Waals surface area (Å²) in [6.07, 6.45) is 0. The molecule has 114 valence electrons. The van der Waals surface area contributed by atoms with Gasteiger partial charge >= 0.3 is 0 Å². The molecule has 2 atom stereocenters. The number of oxazole rings is 1. The van der Waals surface area contributed by atoms with Gasteiger partial charge in [-0.3, -0.25) is 4.90 Å². The van der Waals surface area contributed by atoms with Gasteiger partial charge in [-0.2, -0.15) is 0 Å². The van der Waals surface area contributed by atoms with Crippen molar-refractivity contribution in [3.05, 3.63) is 17.3 Å². The lowest BCUT2D eigenvalue weighted by Gasteiger charge is -2.43. The summed E-state index contributed by atoms with van der Waals surface area (Å²) in [4.78, 5) is 7.08. The summed E-state index contributed by atoms with van der Waals surface area (Å²) >= 11 is 0. The summed E-state index contributed by atoms with van der Waals surface area (Å²) in [6, 6.07) is 1.11. The van der Waals surface area contributed by atoms with E-state index < -0.39 is 0 Å². The van der Waals surface area contributed by atoms with E-state index in [0.717, 1.165) is 37.0 Å². The van der Waals surface area contributed by atoms with Crippen LogP contribution in [-0.4, -0.2) is 35.1 Å². The van der Waals surface area contributed by atoms with Crippen LogP contribution in [0.2, 0.25) is 0 Å². The summed E-state index contributed by atoms with van der Waals surface area (Å²) in [5.74, 6) is 3.08. The fourth-order valence-corrected chi connectivity index (χ4v) is 2.92. The molecule has 4 heteroatoms. The molecule has 0 bridgehead atoms. The second-order valence-corrected chi connectivity index (χ2v) is 6.75. The van der Waals surface area contributed by atoms with Gasteiger partial charge in [-0.1, -0.05) is 27.7 Å². The Kier molecular flexibility index (Phi) is 4.86. The number of piperazine rings is 1. The zero-order chi connectivity index (χ0) is 14.9. The van der Waals surface area contributed by atoms with E-state index in [1.54, 1.807) is 0 Å². The Balaban J connectivity index is 2.10. The van der Waals surface area contributed by atoms with Crippen molar-refractivity contribution in [3.63, 3.8) is 0 Å². The number of rotatable bonds is 4. The monoisotopic (exact) mass is 279 g/mol. The Bertz CT molecular complexity index is 419. The molecule has 0 radical (unpaired) electrons. The lowest BCUT2D eigenvalue weighted by molar-refractivity contribution is 0.0703. The molecule has 4 nitrogen and oxygen atoms in total. The van der Waals surface area contributed by atoms with Crippen LogP contribution in [0.4, 0.5) is 0 Å². The SMILES string of the molecule is Cc1nc(CN2CC(C(C)C)NCC2C(C)C)oc1C. The third-order valence-electron chi connectivity index (χ3n) is 4.47. The highest BCUT2D eigenvalue weighted by atomic mass is 16.4. The van der Waals surface area contributed by atoms with Crippen LogP contribution >= 0.6 is 0 Å². The quantitative estimate of drug-likeness (QED) is 0.920. The zero-order valence-corrected chi connectivity index (χ0v) is 13.7. The molecule has 0 amide bonds. The zero-order valence-electron chi connectivity index (χ0n) is 13.7. The molecule has 2 heterocycles. The van der Waals surface area contributed by atoms with Gasteiger partial charge in [-0.05, 0) is 25.7 Å². The minimum absolute atomic E-state index is 0.553. The Labute approximate surface area is 122 Å². The van der Waals surface area contributed by atoms with Gasteiger partial charge in [0, 0.05) is 25.2 Å². The molecule has 1 fully saturated rings. The highest BCUT2D eigenvalue weighted by Gasteiger charge is 2.31. The van der Waals surface area contributed by atoms with Gasteiger partial charge in [0.05, 0.1) is 12.2 Å². The topological polar surface area (TPSA) is 41.3 Å². The van der Waals surface area contributed by atoms with Crippen molar-refractivity contribution in [1.29, 1.82) is 0 Å². The largest absolute Gasteiger partial charge is 0.444 e. The number of hydrogen-bond donors (Lipinski definition) is 1. The molecule has 1 saturated heterocycles. The summed E-state index contributed by atoms with van der Waals surface area (Å²) in [7, 11) is 0. The van der Waals surface area contributed by atoms with Crippen LogP contribution in [0.5, 0.6) is 0 Å². The van der Waals surface area contributed by atoms with Crippen molar-refractivity contribution < 1.29 is 4.42 Å². The van der Waals surface area contributed by atoms with E-state index in [2.05, 4.69) is 42.9 Å². The maximum atomic E-state index is 5.77. The molecule has 1 aliphatic rings. The van der Waals surface area contributed by atoms with Crippen molar-refractivity contribution >= 4 is 0 Å². The fourth-order valence-electron chi connectivity index (χ4n) is 2.92. The number of aryl methyl sites for hydroxylation is 2. The van der Waals surface area contributed by atoms with Crippen LogP contribution in [0.25, 0.3) is 0 Å². The van der Waals surface area contributed by atoms with E-state index in [1.807, 2.05) is 13.8 Å². The van der Waals surface area contributed by atoms with E-state index in [9.17, 15) is 0 Å². The molecule has 0 spiro atoms. The molecule has 2 unspecified atom stereocenters. The van der Waals surface area contributed by atoms with E-state index in [0.29, 0.717) is 23.9 Å². The normalized spacial score (nSPS) is 24.8. The van der Waals surface area contributed by atoms with Gasteiger partial charge in [-0.15, -0.1) is 0 Å². The van der Waals surface area contributed by atoms with Gasteiger partial charge in [-0.25, -0.2) is 4.98 Å². The summed E-state index contributed by atoms with van der Waals surface area (Å²) in [5.41, 5.74) is 1.01. The Morgan fingerprint density at radius 3 is 2.45 bits per heavy atom. The number of hydrogen-bond acceptors (Lipinski definition) is 4. The maximum Gasteiger partial charge on any atom is 0.208 e. The molecule has 1 aliphatic heterocycles. The second-order valence-electron chi connectivity index (χ2n) is 6.75. The van der Waals surface area contributed by atoms with Crippen molar-refractivity contribution in [2.75, 3.05) is 13.1 Å². The standard InChI is InChI=1S/C16H29N3O/c1-10(2)14-8-19(15(7-17-14)11(3)4)9-16-18-12(5)13(6)20-16/h10-11,14-15,17H,7-9H2,1-6H3. The molecule has 0 aliphatic carbocycles. The summed E-state index contributed by atoms with van der Waals surface area (Å²) in [6.45, 7) is 16.1. The van der Waals surface area contributed by atoms with Crippen LogP contribution in [0, 0.1) is 25.7 Å². The predicted molar refractivity (Wildman–Crippen MR) is 81.6 cm³/mol. The Morgan fingerprint density at radius 1 is 1.25 bits per heavy atom. The third kappa shape index (κ3) is 3.41. The number of aromatic nitrogens is 1. The average Bonchev–Trinajstić information content (AvgIpc) is 2.67. The molecule has 1 aromatic heterocycles. The molecular weight excluding hydrogens is 250 g/mol. The number of nitrogens with zero attached hydrogens (tertiary/aromatic N) is 2. The van der Waals surface area contributed by atoms with Crippen molar-refractivity contribution in [2.45, 2.75) is 60.2 Å². The highest BCUT2D eigenvalue weighted by molar-refractivity contribution is 5.05. The first-order valence-electron chi connectivity index (χ1n) is 7.78. The second kappa shape index (κ2) is 6.27. The van der Waals surface area contributed by atoms with Crippen LogP contribution < -0.4 is 5.32 Å². The molecule has 20 heavy (non-hydrogen) atoms. The van der Waals surface area contributed by atoms with E-state index in [4.69, 9.17) is 4.42 Å². The first-order valence-corrected chi connectivity index (χ1v) is 7.78. The smallest absolute Gasteiger partial charge is 0.208 e. The first-order chi connectivity index (χ1) is 9.38. The van der Waals surface area contributed by atoms with Gasteiger partial charge in [0.1, 0.15) is 5.76 Å². The molecular formula is C16H29N3O. The molecule has 0 saturated carbocycles. The van der Waals surface area contributed by atoms with E-state index in [1.165, 1.54) is 0 Å². The van der Waals surface area contributed by atoms with Crippen LogP contribution in [-0.2, 0) is 6.54 Å². The lowest BCUT2D eigenvalue weighted by Crippen LogP contribution is -2.59. The Hall–Kier alpha value is -0.870. The van der Waals surface area contributed by atoms with Crippen LogP contribution in [0.3, 0.4) is 0 Å². The molecule has 2 rings (SSSR count). The van der Waals surface area contributed by atoms with Crippen molar-refractivity contribution in [1.82, 2.24) is 15.2 Å². The predicted octanol–water partition coefficient (Wildman–Crippen LogP) is 2.75. The molecule has 0 aromatic carbocycles. The Morgan fingerprint density at radius 2 is 1.95 bits per heavy atom. The highest BCUT2D eigenvalue weighted by Crippen LogP contribution is 2.21. The number of nitrogens with one attached hydrogen (secondary N) is 1. The minimum Gasteiger partial charge on any atom is -0.444 e. The van der Waals surface area contributed by atoms with Gasteiger partial charge in [0.25, 0.3) is 0 Å². The fraction of sp³-hybridized carbons (Fsp3) is 0.812. The molecule has 1 aromatic rings.